The number of thioether (sulfide) groups is 1. The Hall–Kier alpha value is -2.71. The van der Waals surface area contributed by atoms with Gasteiger partial charge in [-0.3, -0.25) is 9.59 Å². The first kappa shape index (κ1) is 20.0. The van der Waals surface area contributed by atoms with Gasteiger partial charge in [-0.05, 0) is 36.8 Å². The third-order valence-electron chi connectivity index (χ3n) is 3.85. The number of para-hydroxylation sites is 1. The standard InChI is InChI=1S/C19H16ClFN4O2S/c1-11(12-6-8-13(20)9-7-12)24-25-19-23-18(27)16(28-19)10-17(26)22-15-5-3-2-4-14(15)21/h2-9,16H,10H2,1H3,(H,22,26)(H,23,25,27)/b24-11-/t16-/m1/s1. The monoisotopic (exact) mass is 418 g/mol. The predicted octanol–water partition coefficient (Wildman–Crippen LogP) is 3.82. The first-order chi connectivity index (χ1) is 13.4. The van der Waals surface area contributed by atoms with E-state index in [-0.39, 0.29) is 18.0 Å². The predicted molar refractivity (Wildman–Crippen MR) is 110 cm³/mol. The first-order valence-electron chi connectivity index (χ1n) is 8.32. The van der Waals surface area contributed by atoms with Crippen LogP contribution in [0.2, 0.25) is 5.02 Å². The lowest BCUT2D eigenvalue weighted by Gasteiger charge is -2.07. The minimum Gasteiger partial charge on any atom is -0.324 e. The van der Waals surface area contributed by atoms with Crippen molar-refractivity contribution in [3.8, 4) is 0 Å². The lowest BCUT2D eigenvalue weighted by molar-refractivity contribution is -0.122. The van der Waals surface area contributed by atoms with Crippen LogP contribution in [0.15, 0.2) is 58.7 Å². The molecule has 1 atom stereocenters. The van der Waals surface area contributed by atoms with Gasteiger partial charge >= 0.3 is 0 Å². The number of hydrogen-bond donors (Lipinski definition) is 2. The summed E-state index contributed by atoms with van der Waals surface area (Å²) in [5, 5.41) is 13.5. The number of carbonyl (C=O) groups is 2. The van der Waals surface area contributed by atoms with Gasteiger partial charge in [0.25, 0.3) is 0 Å². The zero-order valence-electron chi connectivity index (χ0n) is 14.8. The average Bonchev–Trinajstić information content (AvgIpc) is 3.01. The summed E-state index contributed by atoms with van der Waals surface area (Å²) in [4.78, 5) is 24.2. The molecule has 144 valence electrons. The first-order valence-corrected chi connectivity index (χ1v) is 9.58. The van der Waals surface area contributed by atoms with Crippen molar-refractivity contribution in [1.29, 1.82) is 0 Å². The third-order valence-corrected chi connectivity index (χ3v) is 5.17. The number of anilines is 1. The van der Waals surface area contributed by atoms with Gasteiger partial charge < -0.3 is 10.6 Å². The molecule has 1 aliphatic rings. The minimum atomic E-state index is -0.656. The molecule has 0 aromatic heterocycles. The van der Waals surface area contributed by atoms with Gasteiger partial charge in [0.05, 0.1) is 11.4 Å². The maximum atomic E-state index is 13.6. The summed E-state index contributed by atoms with van der Waals surface area (Å²) in [5.41, 5.74) is 1.58. The van der Waals surface area contributed by atoms with E-state index in [4.69, 9.17) is 11.6 Å². The molecule has 0 radical (unpaired) electrons. The molecule has 0 aliphatic carbocycles. The van der Waals surface area contributed by atoms with Crippen LogP contribution in [0, 0.1) is 5.82 Å². The Morgan fingerprint density at radius 3 is 2.68 bits per heavy atom. The Kier molecular flexibility index (Phi) is 6.43. The van der Waals surface area contributed by atoms with Crippen molar-refractivity contribution in [1.82, 2.24) is 5.32 Å². The number of nitrogens with zero attached hydrogens (tertiary/aromatic N) is 2. The van der Waals surface area contributed by atoms with Crippen molar-refractivity contribution >= 4 is 51.7 Å². The van der Waals surface area contributed by atoms with E-state index in [1.54, 1.807) is 25.1 Å². The molecule has 0 bridgehead atoms. The van der Waals surface area contributed by atoms with Crippen molar-refractivity contribution in [3.05, 3.63) is 64.9 Å². The van der Waals surface area contributed by atoms with Crippen LogP contribution in [-0.4, -0.2) is 27.9 Å². The number of amidine groups is 1. The van der Waals surface area contributed by atoms with Crippen LogP contribution < -0.4 is 10.6 Å². The molecule has 1 saturated heterocycles. The van der Waals surface area contributed by atoms with Crippen molar-refractivity contribution in [2.45, 2.75) is 18.6 Å². The van der Waals surface area contributed by atoms with E-state index in [1.165, 1.54) is 18.2 Å². The zero-order valence-corrected chi connectivity index (χ0v) is 16.4. The molecule has 0 saturated carbocycles. The molecule has 2 N–H and O–H groups in total. The smallest absolute Gasteiger partial charge is 0.240 e. The molecule has 0 spiro atoms. The molecule has 2 aromatic carbocycles. The number of carbonyl (C=O) groups excluding carboxylic acids is 2. The highest BCUT2D eigenvalue weighted by atomic mass is 35.5. The number of nitrogens with one attached hydrogen (secondary N) is 2. The molecule has 1 aliphatic heterocycles. The lowest BCUT2D eigenvalue weighted by Crippen LogP contribution is -2.28. The van der Waals surface area contributed by atoms with Gasteiger partial charge in [-0.1, -0.05) is 47.6 Å². The van der Waals surface area contributed by atoms with E-state index in [9.17, 15) is 14.0 Å². The average molecular weight is 419 g/mol. The zero-order chi connectivity index (χ0) is 20.1. The van der Waals surface area contributed by atoms with Gasteiger partial charge in [0.2, 0.25) is 11.8 Å². The molecular formula is C19H16ClFN4O2S. The Morgan fingerprint density at radius 2 is 1.96 bits per heavy atom. The highest BCUT2D eigenvalue weighted by Crippen LogP contribution is 2.23. The minimum absolute atomic E-state index is 0.0768. The van der Waals surface area contributed by atoms with E-state index in [2.05, 4.69) is 20.8 Å². The van der Waals surface area contributed by atoms with Crippen LogP contribution in [0.4, 0.5) is 10.1 Å². The maximum absolute atomic E-state index is 13.6. The summed E-state index contributed by atoms with van der Waals surface area (Å²) in [6, 6.07) is 13.0. The maximum Gasteiger partial charge on any atom is 0.240 e. The fourth-order valence-electron chi connectivity index (χ4n) is 2.39. The molecule has 1 fully saturated rings. The number of hydrogen-bond acceptors (Lipinski definition) is 5. The lowest BCUT2D eigenvalue weighted by atomic mass is 10.1. The summed E-state index contributed by atoms with van der Waals surface area (Å²) in [6.07, 6.45) is -0.107. The van der Waals surface area contributed by atoms with Gasteiger partial charge in [0.1, 0.15) is 11.1 Å². The van der Waals surface area contributed by atoms with Crippen LogP contribution in [0.25, 0.3) is 0 Å². The van der Waals surface area contributed by atoms with Crippen LogP contribution in [0.5, 0.6) is 0 Å². The molecular weight excluding hydrogens is 403 g/mol. The molecule has 3 rings (SSSR count). The van der Waals surface area contributed by atoms with Gasteiger partial charge in [-0.15, -0.1) is 5.10 Å². The van der Waals surface area contributed by atoms with Gasteiger partial charge in [0, 0.05) is 11.4 Å². The van der Waals surface area contributed by atoms with E-state index < -0.39 is 17.0 Å². The highest BCUT2D eigenvalue weighted by Gasteiger charge is 2.32. The Morgan fingerprint density at radius 1 is 1.25 bits per heavy atom. The molecule has 0 unspecified atom stereocenters. The quantitative estimate of drug-likeness (QED) is 0.572. The Balaban J connectivity index is 1.60. The molecule has 2 aromatic rings. The van der Waals surface area contributed by atoms with Crippen LogP contribution in [0.3, 0.4) is 0 Å². The second-order valence-corrected chi connectivity index (χ2v) is 7.55. The fraction of sp³-hybridized carbons (Fsp3) is 0.158. The summed E-state index contributed by atoms with van der Waals surface area (Å²) >= 11 is 6.97. The van der Waals surface area contributed by atoms with Crippen molar-refractivity contribution in [3.63, 3.8) is 0 Å². The largest absolute Gasteiger partial charge is 0.324 e. The van der Waals surface area contributed by atoms with E-state index >= 15 is 0 Å². The number of rotatable bonds is 5. The summed E-state index contributed by atoms with van der Waals surface area (Å²) < 4.78 is 13.6. The van der Waals surface area contributed by atoms with E-state index in [0.717, 1.165) is 17.3 Å². The SMILES string of the molecule is C/C(=N/N=C1\NC(=O)[C@@H](CC(=O)Nc2ccccc2F)S1)c1ccc(Cl)cc1. The fourth-order valence-corrected chi connectivity index (χ4v) is 3.43. The summed E-state index contributed by atoms with van der Waals surface area (Å²) in [7, 11) is 0. The molecule has 2 amide bonds. The van der Waals surface area contributed by atoms with Crippen molar-refractivity contribution in [2.75, 3.05) is 5.32 Å². The van der Waals surface area contributed by atoms with Crippen molar-refractivity contribution in [2.24, 2.45) is 10.2 Å². The Bertz CT molecular complexity index is 963. The van der Waals surface area contributed by atoms with Crippen molar-refractivity contribution < 1.29 is 14.0 Å². The molecule has 28 heavy (non-hydrogen) atoms. The number of halogens is 2. The highest BCUT2D eigenvalue weighted by molar-refractivity contribution is 8.15. The van der Waals surface area contributed by atoms with Gasteiger partial charge in [0.15, 0.2) is 5.17 Å². The van der Waals surface area contributed by atoms with E-state index in [0.29, 0.717) is 15.9 Å². The van der Waals surface area contributed by atoms with Gasteiger partial charge in [-0.2, -0.15) is 5.10 Å². The Labute approximate surface area is 170 Å². The summed E-state index contributed by atoms with van der Waals surface area (Å²) in [5.74, 6) is -1.33. The number of amides is 2. The van der Waals surface area contributed by atoms with E-state index in [1.807, 2.05) is 12.1 Å². The molecule has 6 nitrogen and oxygen atoms in total. The topological polar surface area (TPSA) is 82.9 Å². The van der Waals surface area contributed by atoms with Gasteiger partial charge in [-0.25, -0.2) is 4.39 Å². The second kappa shape index (κ2) is 8.99. The second-order valence-electron chi connectivity index (χ2n) is 5.93. The number of benzene rings is 2. The van der Waals surface area contributed by atoms with Crippen LogP contribution in [-0.2, 0) is 9.59 Å². The normalized spacial score (nSPS) is 18.2. The third kappa shape index (κ3) is 5.17. The molecule has 1 heterocycles. The molecule has 9 heteroatoms. The van der Waals surface area contributed by atoms with Crippen LogP contribution >= 0.6 is 23.4 Å². The summed E-state index contributed by atoms with van der Waals surface area (Å²) in [6.45, 7) is 1.79. The van der Waals surface area contributed by atoms with Crippen LogP contribution in [0.1, 0.15) is 18.9 Å².